The highest BCUT2D eigenvalue weighted by Gasteiger charge is 2.22. The molecule has 0 fully saturated rings. The van der Waals surface area contributed by atoms with Crippen LogP contribution in [-0.2, 0) is 14.8 Å². The first-order valence-corrected chi connectivity index (χ1v) is 8.90. The number of ether oxygens (including phenoxy) is 1. The molecule has 0 aliphatic carbocycles. The van der Waals surface area contributed by atoms with E-state index in [1.165, 1.54) is 24.3 Å². The Balaban J connectivity index is 2.50. The van der Waals surface area contributed by atoms with E-state index in [1.807, 2.05) is 0 Å². The average molecular weight is 430 g/mol. The average Bonchev–Trinajstić information content (AvgIpc) is 2.53. The van der Waals surface area contributed by atoms with E-state index < -0.39 is 22.0 Å². The number of nitrogens with one attached hydrogen (secondary N) is 1. The molecule has 0 aliphatic heterocycles. The van der Waals surface area contributed by atoms with Crippen molar-refractivity contribution in [3.8, 4) is 5.75 Å². The number of anilines is 1. The van der Waals surface area contributed by atoms with Gasteiger partial charge in [0.25, 0.3) is 10.0 Å². The summed E-state index contributed by atoms with van der Waals surface area (Å²) in [6, 6.07) is 6.88. The Hall–Kier alpha value is -2.59. The smallest absolute Gasteiger partial charge is 0.339 e. The van der Waals surface area contributed by atoms with Crippen molar-refractivity contribution >= 4 is 43.6 Å². The van der Waals surface area contributed by atoms with Crippen LogP contribution in [0.15, 0.2) is 45.8 Å². The highest BCUT2D eigenvalue weighted by molar-refractivity contribution is 9.10. The summed E-state index contributed by atoms with van der Waals surface area (Å²) in [5, 5.41) is 18.6. The van der Waals surface area contributed by atoms with E-state index in [-0.39, 0.29) is 31.9 Å². The lowest BCUT2D eigenvalue weighted by atomic mass is 10.2. The number of halogens is 1. The molecule has 132 valence electrons. The molecule has 0 aromatic heterocycles. The van der Waals surface area contributed by atoms with Gasteiger partial charge < -0.3 is 14.9 Å². The number of phenolic OH excluding ortho intramolecular Hbond substituents is 1. The molecule has 3 N–H and O–H groups in total. The van der Waals surface area contributed by atoms with Crippen molar-refractivity contribution in [1.29, 1.82) is 0 Å². The number of methoxy groups -OCH3 is 1. The lowest BCUT2D eigenvalue weighted by molar-refractivity contribution is 0.0601. The van der Waals surface area contributed by atoms with Gasteiger partial charge in [-0.05, 0) is 46.3 Å². The molecule has 0 saturated heterocycles. The fraction of sp³-hybridized carbons (Fsp3) is 0.0667. The summed E-state index contributed by atoms with van der Waals surface area (Å²) in [5.41, 5.74) is -0.557. The molecule has 0 saturated carbocycles. The summed E-state index contributed by atoms with van der Waals surface area (Å²) in [7, 11) is -3.09. The van der Waals surface area contributed by atoms with Crippen molar-refractivity contribution < 1.29 is 33.0 Å². The van der Waals surface area contributed by atoms with Crippen LogP contribution in [0.5, 0.6) is 5.75 Å². The molecule has 0 amide bonds. The lowest BCUT2D eigenvalue weighted by Gasteiger charge is -2.12. The van der Waals surface area contributed by atoms with Crippen LogP contribution >= 0.6 is 15.9 Å². The second-order valence-electron chi connectivity index (χ2n) is 4.77. The molecule has 0 bridgehead atoms. The molecular weight excluding hydrogens is 418 g/mol. The number of aromatic hydroxyl groups is 1. The van der Waals surface area contributed by atoms with Crippen molar-refractivity contribution in [2.45, 2.75) is 4.90 Å². The third kappa shape index (κ3) is 4.09. The Morgan fingerprint density at radius 1 is 1.12 bits per heavy atom. The molecule has 2 rings (SSSR count). The molecule has 0 heterocycles. The van der Waals surface area contributed by atoms with Crippen LogP contribution in [0.1, 0.15) is 20.7 Å². The maximum absolute atomic E-state index is 12.5. The van der Waals surface area contributed by atoms with E-state index in [0.717, 1.165) is 19.2 Å². The second-order valence-corrected chi connectivity index (χ2v) is 7.31. The van der Waals surface area contributed by atoms with Crippen molar-refractivity contribution in [2.24, 2.45) is 0 Å². The number of hydrogen-bond acceptors (Lipinski definition) is 6. The molecule has 25 heavy (non-hydrogen) atoms. The summed E-state index contributed by atoms with van der Waals surface area (Å²) < 4.78 is 31.9. The van der Waals surface area contributed by atoms with Gasteiger partial charge in [-0.25, -0.2) is 18.0 Å². The Kier molecular flexibility index (Phi) is 5.33. The van der Waals surface area contributed by atoms with Gasteiger partial charge >= 0.3 is 11.9 Å². The first-order chi connectivity index (χ1) is 11.7. The standard InChI is InChI=1S/C15H12BrNO7S/c1-24-15(21)10-4-2-8(18)6-13(10)17-25(22,23)9-3-5-12(16)11(7-9)14(19)20/h2-7,17-18H,1H3,(H,19,20). The number of carboxylic acid groups (broad SMARTS) is 1. The molecule has 2 aromatic rings. The van der Waals surface area contributed by atoms with Crippen LogP contribution in [0, 0.1) is 0 Å². The second kappa shape index (κ2) is 7.11. The molecule has 0 radical (unpaired) electrons. The normalized spacial score (nSPS) is 11.0. The number of sulfonamides is 1. The van der Waals surface area contributed by atoms with E-state index >= 15 is 0 Å². The molecule has 0 spiro atoms. The minimum absolute atomic E-state index is 0.112. The number of rotatable bonds is 5. The maximum atomic E-state index is 12.5. The number of carbonyl (C=O) groups is 2. The Bertz CT molecular complexity index is 956. The van der Waals surface area contributed by atoms with Gasteiger partial charge in [0, 0.05) is 10.5 Å². The largest absolute Gasteiger partial charge is 0.508 e. The Morgan fingerprint density at radius 3 is 2.40 bits per heavy atom. The highest BCUT2D eigenvalue weighted by Crippen LogP contribution is 2.27. The number of phenols is 1. The Morgan fingerprint density at radius 2 is 1.80 bits per heavy atom. The number of benzene rings is 2. The Labute approximate surface area is 151 Å². The van der Waals surface area contributed by atoms with Gasteiger partial charge in [-0.1, -0.05) is 0 Å². The molecule has 10 heteroatoms. The van der Waals surface area contributed by atoms with Crippen molar-refractivity contribution in [2.75, 3.05) is 11.8 Å². The van der Waals surface area contributed by atoms with Gasteiger partial charge in [-0.15, -0.1) is 0 Å². The third-order valence-corrected chi connectivity index (χ3v) is 5.19. The van der Waals surface area contributed by atoms with Crippen LogP contribution in [0.4, 0.5) is 5.69 Å². The summed E-state index contributed by atoms with van der Waals surface area (Å²) >= 11 is 3.02. The van der Waals surface area contributed by atoms with E-state index in [0.29, 0.717) is 0 Å². The number of carboxylic acids is 1. The predicted octanol–water partition coefficient (Wildman–Crippen LogP) is 2.44. The zero-order valence-corrected chi connectivity index (χ0v) is 15.1. The maximum Gasteiger partial charge on any atom is 0.339 e. The first-order valence-electron chi connectivity index (χ1n) is 6.62. The lowest BCUT2D eigenvalue weighted by Crippen LogP contribution is -2.16. The van der Waals surface area contributed by atoms with E-state index in [2.05, 4.69) is 25.4 Å². The summed E-state index contributed by atoms with van der Waals surface area (Å²) in [5.74, 6) is -2.39. The van der Waals surface area contributed by atoms with Gasteiger partial charge in [0.2, 0.25) is 0 Å². The monoisotopic (exact) mass is 429 g/mol. The topological polar surface area (TPSA) is 130 Å². The fourth-order valence-corrected chi connectivity index (χ4v) is 3.46. The third-order valence-electron chi connectivity index (χ3n) is 3.13. The zero-order valence-electron chi connectivity index (χ0n) is 12.7. The summed E-state index contributed by atoms with van der Waals surface area (Å²) in [4.78, 5) is 22.6. The number of hydrogen-bond donors (Lipinski definition) is 3. The molecule has 0 atom stereocenters. The SMILES string of the molecule is COC(=O)c1ccc(O)cc1NS(=O)(=O)c1ccc(Br)c(C(=O)O)c1. The number of aromatic carboxylic acids is 1. The van der Waals surface area contributed by atoms with Gasteiger partial charge in [-0.3, -0.25) is 4.72 Å². The minimum Gasteiger partial charge on any atom is -0.508 e. The van der Waals surface area contributed by atoms with Gasteiger partial charge in [0.15, 0.2) is 0 Å². The predicted molar refractivity (Wildman–Crippen MR) is 91.4 cm³/mol. The zero-order chi connectivity index (χ0) is 18.8. The minimum atomic E-state index is -4.22. The van der Waals surface area contributed by atoms with E-state index in [4.69, 9.17) is 5.11 Å². The van der Waals surface area contributed by atoms with Gasteiger partial charge in [-0.2, -0.15) is 0 Å². The van der Waals surface area contributed by atoms with Crippen LogP contribution < -0.4 is 4.72 Å². The number of carbonyl (C=O) groups excluding carboxylic acids is 1. The van der Waals surface area contributed by atoms with Crippen LogP contribution in [0.2, 0.25) is 0 Å². The van der Waals surface area contributed by atoms with Crippen LogP contribution in [0.25, 0.3) is 0 Å². The molecule has 0 aliphatic rings. The molecular formula is C15H12BrNO7S. The van der Waals surface area contributed by atoms with Crippen LogP contribution in [-0.4, -0.2) is 37.7 Å². The molecule has 2 aromatic carbocycles. The van der Waals surface area contributed by atoms with E-state index in [9.17, 15) is 23.1 Å². The van der Waals surface area contributed by atoms with Crippen molar-refractivity contribution in [3.63, 3.8) is 0 Å². The van der Waals surface area contributed by atoms with Gasteiger partial charge in [0.1, 0.15) is 5.75 Å². The van der Waals surface area contributed by atoms with E-state index in [1.54, 1.807) is 0 Å². The summed E-state index contributed by atoms with van der Waals surface area (Å²) in [6.45, 7) is 0. The van der Waals surface area contributed by atoms with Crippen molar-refractivity contribution in [3.05, 3.63) is 52.0 Å². The van der Waals surface area contributed by atoms with Crippen LogP contribution in [0.3, 0.4) is 0 Å². The number of esters is 1. The quantitative estimate of drug-likeness (QED) is 0.622. The first kappa shape index (κ1) is 18.7. The summed E-state index contributed by atoms with van der Waals surface area (Å²) in [6.07, 6.45) is 0. The molecule has 8 nitrogen and oxygen atoms in total. The van der Waals surface area contributed by atoms with Crippen molar-refractivity contribution in [1.82, 2.24) is 0 Å². The van der Waals surface area contributed by atoms with Gasteiger partial charge in [0.05, 0.1) is 28.8 Å². The highest BCUT2D eigenvalue weighted by atomic mass is 79.9. The fourth-order valence-electron chi connectivity index (χ4n) is 1.94. The molecule has 0 unspecified atom stereocenters.